The third kappa shape index (κ3) is 6.62. The summed E-state index contributed by atoms with van der Waals surface area (Å²) in [5, 5.41) is 64.4. The molecular formula is C39H45N5O10. The zero-order chi connectivity index (χ0) is 39.3. The van der Waals surface area contributed by atoms with Crippen molar-refractivity contribution >= 4 is 57.1 Å². The largest absolute Gasteiger partial charge is 0.478 e. The van der Waals surface area contributed by atoms with E-state index in [-0.39, 0.29) is 41.1 Å². The van der Waals surface area contributed by atoms with Gasteiger partial charge in [0.05, 0.1) is 29.3 Å². The van der Waals surface area contributed by atoms with Crippen LogP contribution in [0.15, 0.2) is 24.8 Å². The average Bonchev–Trinajstić information content (AvgIpc) is 3.80. The van der Waals surface area contributed by atoms with Crippen LogP contribution in [-0.2, 0) is 20.7 Å². The Balaban J connectivity index is 1.56. The highest BCUT2D eigenvalue weighted by molar-refractivity contribution is 6.26. The van der Waals surface area contributed by atoms with Gasteiger partial charge in [0.15, 0.2) is 6.29 Å². The highest BCUT2D eigenvalue weighted by Gasteiger charge is 2.44. The van der Waals surface area contributed by atoms with Crippen molar-refractivity contribution in [2.75, 3.05) is 6.61 Å². The van der Waals surface area contributed by atoms with E-state index in [9.17, 15) is 45.0 Å². The highest BCUT2D eigenvalue weighted by atomic mass is 16.6. The van der Waals surface area contributed by atoms with Gasteiger partial charge in [-0.05, 0) is 74.1 Å². The van der Waals surface area contributed by atoms with Crippen molar-refractivity contribution < 1.29 is 49.8 Å². The van der Waals surface area contributed by atoms with Gasteiger partial charge in [-0.2, -0.15) is 0 Å². The first-order valence-corrected chi connectivity index (χ1v) is 17.8. The zero-order valence-electron chi connectivity index (χ0n) is 30.6. The number of aromatic nitrogens is 4. The van der Waals surface area contributed by atoms with Gasteiger partial charge in [0.25, 0.3) is 0 Å². The maximum atomic E-state index is 13.3. The number of carbonyl (C=O) groups is 3. The van der Waals surface area contributed by atoms with Crippen LogP contribution in [0, 0.1) is 13.8 Å². The molecule has 15 heteroatoms. The molecule has 1 fully saturated rings. The second-order valence-corrected chi connectivity index (χ2v) is 14.0. The van der Waals surface area contributed by atoms with Crippen LogP contribution in [0.2, 0.25) is 0 Å². The molecule has 286 valence electrons. The van der Waals surface area contributed by atoms with Gasteiger partial charge >= 0.3 is 11.9 Å². The fourth-order valence-electron chi connectivity index (χ4n) is 7.84. The summed E-state index contributed by atoms with van der Waals surface area (Å²) >= 11 is 0. The predicted molar refractivity (Wildman–Crippen MR) is 199 cm³/mol. The number of aromatic carboxylic acids is 1. The summed E-state index contributed by atoms with van der Waals surface area (Å²) < 4.78 is 5.16. The third-order valence-electron chi connectivity index (χ3n) is 11.0. The Hall–Kier alpha value is -5.19. The highest BCUT2D eigenvalue weighted by Crippen LogP contribution is 2.43. The van der Waals surface area contributed by atoms with Crippen molar-refractivity contribution in [2.45, 2.75) is 96.4 Å². The standard InChI is InChI=1S/C39H45N5O10/c1-7-19-15(3)22-11-24-17(5)21(9-10-29(46)44-34-36(48)35(47)28(14-45)54-39(34)53)32(42-24)31(38(51)52)33-30(37(49)50)18(6)25(43-33)13-27-20(8-2)16(4)23(41-27)12-26(19)40-22/h7,11-13,17,21,28,34-36,39-41,45,47-48,53H,1,8-10,14H2,2-6H3,(H,44,46)(H,49,50)(H,51,52)/t17-,21-,28+,34+,35-,36+,39+/m0/s1. The first-order chi connectivity index (χ1) is 25.6. The number of amides is 1. The molecule has 8 bridgehead atoms. The number of nitrogens with one attached hydrogen (secondary N) is 3. The molecule has 6 heterocycles. The number of fused-ring (bicyclic) bond motifs is 8. The number of hydrogen-bond donors (Lipinski definition) is 9. The lowest BCUT2D eigenvalue weighted by Crippen LogP contribution is -2.64. The summed E-state index contributed by atoms with van der Waals surface area (Å²) in [6, 6.07) is 4.11. The van der Waals surface area contributed by atoms with Crippen LogP contribution in [0.3, 0.4) is 0 Å². The first-order valence-electron chi connectivity index (χ1n) is 17.8. The second kappa shape index (κ2) is 14.9. The van der Waals surface area contributed by atoms with E-state index in [1.54, 1.807) is 19.1 Å². The molecule has 9 N–H and O–H groups in total. The molecule has 6 rings (SSSR count). The molecule has 0 radical (unpaired) electrons. The van der Waals surface area contributed by atoms with E-state index in [2.05, 4.69) is 26.8 Å². The van der Waals surface area contributed by atoms with Crippen LogP contribution in [0.25, 0.3) is 39.3 Å². The number of rotatable bonds is 9. The number of carboxylic acids is 2. The van der Waals surface area contributed by atoms with E-state index < -0.39 is 72.5 Å². The molecule has 0 saturated carbocycles. The van der Waals surface area contributed by atoms with Crippen molar-refractivity contribution in [3.63, 3.8) is 0 Å². The van der Waals surface area contributed by atoms with Crippen LogP contribution >= 0.6 is 0 Å². The molecule has 0 aliphatic carbocycles. The van der Waals surface area contributed by atoms with Gasteiger partial charge in [-0.1, -0.05) is 26.5 Å². The van der Waals surface area contributed by atoms with Crippen molar-refractivity contribution in [1.29, 1.82) is 0 Å². The minimum absolute atomic E-state index is 0.0212. The predicted octanol–water partition coefficient (Wildman–Crippen LogP) is 3.43. The maximum Gasteiger partial charge on any atom is 0.339 e. The van der Waals surface area contributed by atoms with Gasteiger partial charge in [-0.15, -0.1) is 0 Å². The van der Waals surface area contributed by atoms with E-state index in [4.69, 9.17) is 9.72 Å². The fourth-order valence-corrected chi connectivity index (χ4v) is 7.84. The molecule has 3 aliphatic rings. The molecule has 3 aliphatic heterocycles. The number of hydrogen-bond acceptors (Lipinski definition) is 10. The summed E-state index contributed by atoms with van der Waals surface area (Å²) in [5.41, 5.74) is 6.85. The summed E-state index contributed by atoms with van der Waals surface area (Å²) in [4.78, 5) is 55.8. The summed E-state index contributed by atoms with van der Waals surface area (Å²) in [5.74, 6) is -4.66. The Morgan fingerprint density at radius 2 is 1.63 bits per heavy atom. The Labute approximate surface area is 310 Å². The number of H-pyrrole nitrogens is 2. The fraction of sp³-hybridized carbons (Fsp3) is 0.410. The number of carbonyl (C=O) groups excluding carboxylic acids is 1. The second-order valence-electron chi connectivity index (χ2n) is 14.0. The Kier molecular flexibility index (Phi) is 10.6. The normalized spacial score (nSPS) is 24.1. The number of allylic oxidation sites excluding steroid dienone is 1. The van der Waals surface area contributed by atoms with Gasteiger partial charge in [-0.25, -0.2) is 14.6 Å². The molecule has 15 nitrogen and oxygen atoms in total. The van der Waals surface area contributed by atoms with Gasteiger partial charge in [-0.3, -0.25) is 9.78 Å². The van der Waals surface area contributed by atoms with Crippen LogP contribution in [0.1, 0.15) is 101 Å². The molecule has 3 aromatic rings. The van der Waals surface area contributed by atoms with Gasteiger partial charge in [0, 0.05) is 51.6 Å². The van der Waals surface area contributed by atoms with E-state index in [0.29, 0.717) is 23.1 Å². The smallest absolute Gasteiger partial charge is 0.339 e. The molecular weight excluding hydrogens is 698 g/mol. The molecule has 7 atom stereocenters. The van der Waals surface area contributed by atoms with Crippen molar-refractivity contribution in [1.82, 2.24) is 25.3 Å². The number of aliphatic hydroxyl groups is 4. The Morgan fingerprint density at radius 3 is 2.26 bits per heavy atom. The van der Waals surface area contributed by atoms with Gasteiger partial charge in [0.1, 0.15) is 29.9 Å². The van der Waals surface area contributed by atoms with Crippen LogP contribution in [-0.4, -0.2) is 106 Å². The molecule has 3 aromatic heterocycles. The van der Waals surface area contributed by atoms with E-state index >= 15 is 0 Å². The number of nitrogens with zero attached hydrogens (tertiary/aromatic N) is 2. The first kappa shape index (κ1) is 38.5. The summed E-state index contributed by atoms with van der Waals surface area (Å²) in [6.45, 7) is 12.7. The van der Waals surface area contributed by atoms with Crippen LogP contribution in [0.5, 0.6) is 0 Å². The molecule has 0 aromatic carbocycles. The Bertz CT molecular complexity index is 2250. The van der Waals surface area contributed by atoms with Crippen LogP contribution < -0.4 is 5.32 Å². The molecule has 54 heavy (non-hydrogen) atoms. The maximum absolute atomic E-state index is 13.3. The lowest BCUT2D eigenvalue weighted by atomic mass is 9.85. The number of aliphatic hydroxyl groups excluding tert-OH is 4. The molecule has 1 saturated heterocycles. The number of aromatic amines is 2. The molecule has 0 spiro atoms. The van der Waals surface area contributed by atoms with Crippen molar-refractivity contribution in [3.8, 4) is 0 Å². The monoisotopic (exact) mass is 743 g/mol. The lowest BCUT2D eigenvalue weighted by molar-refractivity contribution is -0.253. The van der Waals surface area contributed by atoms with E-state index in [1.165, 1.54) is 0 Å². The molecule has 1 amide bonds. The van der Waals surface area contributed by atoms with Crippen molar-refractivity contribution in [3.05, 3.63) is 75.4 Å². The SMILES string of the molecule is C=Cc1c(C)c2cc3nc(c(C(=O)O)c4nc(cc5[nH]c(cc1[nH]2)c(C)c5CC)C(C)=C4C(=O)O)[C@@H](CCC(=O)N[C@@H]1[C@@H](O)[C@@H](O)[C@@H](CO)O[C@H]1O)[C@@H]3C. The summed E-state index contributed by atoms with van der Waals surface area (Å²) in [7, 11) is 0. The zero-order valence-corrected chi connectivity index (χ0v) is 30.6. The van der Waals surface area contributed by atoms with E-state index in [1.807, 2.05) is 39.8 Å². The average molecular weight is 744 g/mol. The third-order valence-corrected chi connectivity index (χ3v) is 11.0. The number of ether oxygens (including phenoxy) is 1. The summed E-state index contributed by atoms with van der Waals surface area (Å²) in [6.07, 6.45) is -4.02. The number of carboxylic acid groups (broad SMARTS) is 2. The van der Waals surface area contributed by atoms with Crippen LogP contribution in [0.4, 0.5) is 0 Å². The van der Waals surface area contributed by atoms with Crippen molar-refractivity contribution in [2.24, 2.45) is 0 Å². The Morgan fingerprint density at radius 1 is 0.944 bits per heavy atom. The topological polar surface area (TPSA) is 251 Å². The quantitative estimate of drug-likeness (QED) is 0.153. The lowest BCUT2D eigenvalue weighted by Gasteiger charge is -2.40. The van der Waals surface area contributed by atoms with Gasteiger partial charge < -0.3 is 50.7 Å². The van der Waals surface area contributed by atoms with Gasteiger partial charge in [0.2, 0.25) is 5.91 Å². The number of aliphatic carboxylic acids is 1. The van der Waals surface area contributed by atoms with E-state index in [0.717, 1.165) is 33.3 Å². The minimum atomic E-state index is -1.72. The minimum Gasteiger partial charge on any atom is -0.478 e. The number of aryl methyl sites for hydroxylation is 3. The molecule has 0 unspecified atom stereocenters.